The first-order valence-electron chi connectivity index (χ1n) is 5.88. The third kappa shape index (κ3) is 4.58. The highest BCUT2D eigenvalue weighted by Gasteiger charge is 2.17. The van der Waals surface area contributed by atoms with Crippen LogP contribution in [0.5, 0.6) is 5.75 Å². The van der Waals surface area contributed by atoms with Crippen molar-refractivity contribution in [3.63, 3.8) is 0 Å². The average Bonchev–Trinajstić information content (AvgIpc) is 2.37. The van der Waals surface area contributed by atoms with E-state index in [0.29, 0.717) is 5.75 Å². The topological polar surface area (TPSA) is 64.3 Å². The van der Waals surface area contributed by atoms with E-state index < -0.39 is 6.10 Å². The second kappa shape index (κ2) is 7.17. The number of carbonyl (C=O) groups excluding carboxylic acids is 1. The van der Waals surface area contributed by atoms with Gasteiger partial charge in [-0.05, 0) is 32.0 Å². The number of halogens is 1. The van der Waals surface area contributed by atoms with E-state index in [-0.39, 0.29) is 18.5 Å². The maximum absolute atomic E-state index is 11.7. The number of nitrogens with one attached hydrogen (secondary N) is 1. The fourth-order valence-electron chi connectivity index (χ4n) is 1.51. The van der Waals surface area contributed by atoms with Gasteiger partial charge in [-0.1, -0.05) is 21.9 Å². The molecule has 0 spiro atoms. The van der Waals surface area contributed by atoms with Crippen LogP contribution in [0.3, 0.4) is 0 Å². The molecule has 0 radical (unpaired) electrons. The van der Waals surface area contributed by atoms with Crippen molar-refractivity contribution in [2.24, 2.45) is 5.73 Å². The zero-order valence-electron chi connectivity index (χ0n) is 10.9. The van der Waals surface area contributed by atoms with Crippen LogP contribution in [0.4, 0.5) is 0 Å². The molecule has 2 unspecified atom stereocenters. The van der Waals surface area contributed by atoms with Crippen molar-refractivity contribution < 1.29 is 9.53 Å². The lowest BCUT2D eigenvalue weighted by molar-refractivity contribution is -0.127. The molecule has 5 heteroatoms. The molecule has 19 heavy (non-hydrogen) atoms. The molecule has 0 bridgehead atoms. The van der Waals surface area contributed by atoms with Gasteiger partial charge in [0.05, 0.1) is 6.54 Å². The molecule has 0 saturated heterocycles. The van der Waals surface area contributed by atoms with Crippen LogP contribution in [0.25, 0.3) is 0 Å². The predicted molar refractivity (Wildman–Crippen MR) is 78.7 cm³/mol. The minimum absolute atomic E-state index is 0.187. The Hall–Kier alpha value is -1.51. The number of ether oxygens (including phenoxy) is 1. The van der Waals surface area contributed by atoms with Crippen LogP contribution in [0.1, 0.15) is 25.5 Å². The van der Waals surface area contributed by atoms with Gasteiger partial charge in [0.1, 0.15) is 5.75 Å². The van der Waals surface area contributed by atoms with E-state index >= 15 is 0 Å². The molecule has 0 aliphatic rings. The third-order valence-corrected chi connectivity index (χ3v) is 2.99. The van der Waals surface area contributed by atoms with Gasteiger partial charge in [0.2, 0.25) is 0 Å². The maximum Gasteiger partial charge on any atom is 0.261 e. The standard InChI is InChI=1S/C14H17BrN2O2/c1-4-7-17-14(18)10(3)19-13-6-5-11(15)8-12(13)9(2)16/h1,5-6,8-10H,7,16H2,2-3H3,(H,17,18). The number of hydrogen-bond acceptors (Lipinski definition) is 3. The molecule has 1 aromatic rings. The Bertz CT molecular complexity index is 495. The number of terminal acetylenes is 1. The molecule has 1 amide bonds. The number of hydrogen-bond donors (Lipinski definition) is 2. The maximum atomic E-state index is 11.7. The predicted octanol–water partition coefficient (Wildman–Crippen LogP) is 1.99. The first kappa shape index (κ1) is 15.5. The Morgan fingerprint density at radius 2 is 2.26 bits per heavy atom. The fraction of sp³-hybridized carbons (Fsp3) is 0.357. The van der Waals surface area contributed by atoms with Gasteiger partial charge in [-0.3, -0.25) is 4.79 Å². The summed E-state index contributed by atoms with van der Waals surface area (Å²) in [6.07, 6.45) is 4.45. The average molecular weight is 325 g/mol. The quantitative estimate of drug-likeness (QED) is 0.814. The monoisotopic (exact) mass is 324 g/mol. The van der Waals surface area contributed by atoms with E-state index in [9.17, 15) is 4.79 Å². The number of carbonyl (C=O) groups is 1. The van der Waals surface area contributed by atoms with E-state index in [1.807, 2.05) is 19.1 Å². The third-order valence-electron chi connectivity index (χ3n) is 2.50. The summed E-state index contributed by atoms with van der Waals surface area (Å²) < 4.78 is 6.55. The Morgan fingerprint density at radius 1 is 1.58 bits per heavy atom. The molecular formula is C14H17BrN2O2. The Balaban J connectivity index is 2.82. The Kier molecular flexibility index (Phi) is 5.87. The van der Waals surface area contributed by atoms with Crippen LogP contribution < -0.4 is 15.8 Å². The van der Waals surface area contributed by atoms with Gasteiger partial charge in [0.15, 0.2) is 6.10 Å². The summed E-state index contributed by atoms with van der Waals surface area (Å²) in [5.74, 6) is 2.69. The first-order chi connectivity index (χ1) is 8.95. The molecule has 1 aromatic carbocycles. The smallest absolute Gasteiger partial charge is 0.261 e. The number of nitrogens with two attached hydrogens (primary N) is 1. The van der Waals surface area contributed by atoms with Gasteiger partial charge in [-0.25, -0.2) is 0 Å². The molecule has 1 rings (SSSR count). The van der Waals surface area contributed by atoms with Crippen molar-refractivity contribution in [3.05, 3.63) is 28.2 Å². The molecule has 3 N–H and O–H groups in total. The lowest BCUT2D eigenvalue weighted by Crippen LogP contribution is -2.36. The summed E-state index contributed by atoms with van der Waals surface area (Å²) in [5, 5.41) is 2.57. The van der Waals surface area contributed by atoms with Crippen LogP contribution in [0, 0.1) is 12.3 Å². The van der Waals surface area contributed by atoms with Crippen LogP contribution in [0.2, 0.25) is 0 Å². The normalized spacial score (nSPS) is 13.2. The van der Waals surface area contributed by atoms with E-state index in [0.717, 1.165) is 10.0 Å². The van der Waals surface area contributed by atoms with Crippen molar-refractivity contribution in [2.75, 3.05) is 6.54 Å². The lowest BCUT2D eigenvalue weighted by atomic mass is 10.1. The van der Waals surface area contributed by atoms with Crippen molar-refractivity contribution in [2.45, 2.75) is 26.0 Å². The van der Waals surface area contributed by atoms with Gasteiger partial charge in [0.25, 0.3) is 5.91 Å². The molecule has 0 aliphatic carbocycles. The SMILES string of the molecule is C#CCNC(=O)C(C)Oc1ccc(Br)cc1C(C)N. The molecule has 0 aliphatic heterocycles. The van der Waals surface area contributed by atoms with Gasteiger partial charge in [-0.15, -0.1) is 6.42 Å². The Morgan fingerprint density at radius 3 is 2.84 bits per heavy atom. The zero-order chi connectivity index (χ0) is 14.4. The molecule has 0 heterocycles. The number of benzene rings is 1. The summed E-state index contributed by atoms with van der Waals surface area (Å²) in [5.41, 5.74) is 6.73. The van der Waals surface area contributed by atoms with E-state index in [2.05, 4.69) is 27.2 Å². The highest BCUT2D eigenvalue weighted by molar-refractivity contribution is 9.10. The van der Waals surface area contributed by atoms with E-state index in [1.54, 1.807) is 13.0 Å². The highest BCUT2D eigenvalue weighted by atomic mass is 79.9. The Labute approximate surface area is 121 Å². The van der Waals surface area contributed by atoms with Crippen molar-refractivity contribution in [3.8, 4) is 18.1 Å². The second-order valence-electron chi connectivity index (χ2n) is 4.15. The van der Waals surface area contributed by atoms with Gasteiger partial charge >= 0.3 is 0 Å². The first-order valence-corrected chi connectivity index (χ1v) is 6.68. The zero-order valence-corrected chi connectivity index (χ0v) is 12.5. The van der Waals surface area contributed by atoms with Crippen LogP contribution >= 0.6 is 15.9 Å². The number of rotatable bonds is 5. The second-order valence-corrected chi connectivity index (χ2v) is 5.07. The van der Waals surface area contributed by atoms with Gasteiger partial charge in [0, 0.05) is 16.1 Å². The summed E-state index contributed by atoms with van der Waals surface area (Å²) in [7, 11) is 0. The fourth-order valence-corrected chi connectivity index (χ4v) is 1.89. The van der Waals surface area contributed by atoms with Crippen molar-refractivity contribution in [1.29, 1.82) is 0 Å². The minimum Gasteiger partial charge on any atom is -0.481 e. The molecule has 0 fully saturated rings. The summed E-state index contributed by atoms with van der Waals surface area (Å²) >= 11 is 3.38. The lowest BCUT2D eigenvalue weighted by Gasteiger charge is -2.18. The molecule has 102 valence electrons. The van der Waals surface area contributed by atoms with Gasteiger partial charge in [-0.2, -0.15) is 0 Å². The molecule has 0 saturated carbocycles. The van der Waals surface area contributed by atoms with Crippen molar-refractivity contribution >= 4 is 21.8 Å². The summed E-state index contributed by atoms with van der Waals surface area (Å²) in [6, 6.07) is 5.32. The van der Waals surface area contributed by atoms with Crippen LogP contribution in [-0.2, 0) is 4.79 Å². The largest absolute Gasteiger partial charge is 0.481 e. The molecule has 4 nitrogen and oxygen atoms in total. The van der Waals surface area contributed by atoms with Crippen LogP contribution in [0.15, 0.2) is 22.7 Å². The van der Waals surface area contributed by atoms with E-state index in [4.69, 9.17) is 16.9 Å². The highest BCUT2D eigenvalue weighted by Crippen LogP contribution is 2.28. The van der Waals surface area contributed by atoms with E-state index in [1.165, 1.54) is 0 Å². The van der Waals surface area contributed by atoms with Crippen molar-refractivity contribution in [1.82, 2.24) is 5.32 Å². The molecule has 2 atom stereocenters. The molecular weight excluding hydrogens is 308 g/mol. The number of amides is 1. The summed E-state index contributed by atoms with van der Waals surface area (Å²) in [6.45, 7) is 3.71. The minimum atomic E-state index is -0.632. The summed E-state index contributed by atoms with van der Waals surface area (Å²) in [4.78, 5) is 11.7. The molecule has 0 aromatic heterocycles. The van der Waals surface area contributed by atoms with Crippen LogP contribution in [-0.4, -0.2) is 18.6 Å². The van der Waals surface area contributed by atoms with Gasteiger partial charge < -0.3 is 15.8 Å².